The molecule has 4 aromatic rings. The summed E-state index contributed by atoms with van der Waals surface area (Å²) in [4.78, 5) is 39.3. The van der Waals surface area contributed by atoms with Gasteiger partial charge in [0.2, 0.25) is 0 Å². The summed E-state index contributed by atoms with van der Waals surface area (Å²) in [7, 11) is 1.86. The molecule has 2 N–H and O–H groups in total. The van der Waals surface area contributed by atoms with Crippen molar-refractivity contribution in [2.45, 2.75) is 38.8 Å². The Morgan fingerprint density at radius 2 is 1.91 bits per heavy atom. The first kappa shape index (κ1) is 22.9. The molecule has 1 atom stereocenters. The summed E-state index contributed by atoms with van der Waals surface area (Å²) < 4.78 is 1.74. The van der Waals surface area contributed by atoms with Crippen LogP contribution in [0.25, 0.3) is 11.4 Å². The quantitative estimate of drug-likeness (QED) is 0.414. The maximum Gasteiger partial charge on any atom is 0.270 e. The fourth-order valence-corrected chi connectivity index (χ4v) is 5.12. The normalized spacial score (nSPS) is 14.5. The molecule has 3 aromatic heterocycles. The molecule has 1 aromatic carbocycles. The molecular weight excluding hydrogens is 462 g/mol. The van der Waals surface area contributed by atoms with Gasteiger partial charge in [-0.05, 0) is 53.5 Å². The Balaban J connectivity index is 1.24. The molecule has 0 unspecified atom stereocenters. The maximum absolute atomic E-state index is 12.9. The van der Waals surface area contributed by atoms with Crippen LogP contribution in [0.3, 0.4) is 0 Å². The van der Waals surface area contributed by atoms with Crippen LogP contribution in [0.2, 0.25) is 0 Å². The first-order valence-corrected chi connectivity index (χ1v) is 12.3. The summed E-state index contributed by atoms with van der Waals surface area (Å²) in [6, 6.07) is 9.53. The number of aromatic nitrogens is 5. The van der Waals surface area contributed by atoms with Crippen LogP contribution in [-0.4, -0.2) is 36.5 Å². The molecule has 0 aliphatic heterocycles. The lowest BCUT2D eigenvalue weighted by atomic mass is 10.0. The molecule has 0 saturated carbocycles. The van der Waals surface area contributed by atoms with Crippen LogP contribution in [0.5, 0.6) is 0 Å². The maximum atomic E-state index is 12.9. The molecule has 9 nitrogen and oxygen atoms in total. The summed E-state index contributed by atoms with van der Waals surface area (Å²) in [6.45, 7) is 2.51. The van der Waals surface area contributed by atoms with E-state index in [-0.39, 0.29) is 29.2 Å². The van der Waals surface area contributed by atoms with Gasteiger partial charge in [0, 0.05) is 30.1 Å². The summed E-state index contributed by atoms with van der Waals surface area (Å²) in [5.41, 5.74) is 4.64. The summed E-state index contributed by atoms with van der Waals surface area (Å²) >= 11 is 1.68. The Bertz CT molecular complexity index is 1390. The van der Waals surface area contributed by atoms with E-state index in [0.29, 0.717) is 6.54 Å². The van der Waals surface area contributed by atoms with Crippen molar-refractivity contribution in [2.75, 3.05) is 0 Å². The van der Waals surface area contributed by atoms with E-state index in [4.69, 9.17) is 0 Å². The van der Waals surface area contributed by atoms with E-state index in [1.165, 1.54) is 29.2 Å². The minimum atomic E-state index is -0.340. The monoisotopic (exact) mass is 487 g/mol. The molecule has 0 fully saturated rings. The van der Waals surface area contributed by atoms with Crippen LogP contribution in [0, 0.1) is 0 Å². The number of aryl methyl sites for hydroxylation is 3. The lowest BCUT2D eigenvalue weighted by molar-refractivity contribution is 0.0931. The lowest BCUT2D eigenvalue weighted by Crippen LogP contribution is -2.29. The van der Waals surface area contributed by atoms with Crippen LogP contribution in [0.4, 0.5) is 0 Å². The van der Waals surface area contributed by atoms with Crippen LogP contribution >= 0.6 is 11.3 Å². The van der Waals surface area contributed by atoms with Crippen LogP contribution in [-0.2, 0) is 26.4 Å². The van der Waals surface area contributed by atoms with Gasteiger partial charge in [-0.15, -0.1) is 11.3 Å². The Morgan fingerprint density at radius 3 is 2.66 bits per heavy atom. The smallest absolute Gasteiger partial charge is 0.270 e. The number of hydrogen-bond acceptors (Lipinski definition) is 7. The number of nitrogens with one attached hydrogen (secondary N) is 2. The average molecular weight is 488 g/mol. The molecule has 0 spiro atoms. The molecule has 3 heterocycles. The van der Waals surface area contributed by atoms with Gasteiger partial charge in [0.1, 0.15) is 24.0 Å². The van der Waals surface area contributed by atoms with Crippen molar-refractivity contribution >= 4 is 23.2 Å². The van der Waals surface area contributed by atoms with Crippen molar-refractivity contribution in [2.24, 2.45) is 7.05 Å². The molecule has 10 heteroatoms. The third-order valence-corrected chi connectivity index (χ3v) is 7.27. The third kappa shape index (κ3) is 4.83. The Kier molecular flexibility index (Phi) is 6.37. The van der Waals surface area contributed by atoms with Gasteiger partial charge in [-0.1, -0.05) is 19.1 Å². The van der Waals surface area contributed by atoms with Crippen molar-refractivity contribution in [3.05, 3.63) is 81.3 Å². The highest BCUT2D eigenvalue weighted by atomic mass is 32.1. The summed E-state index contributed by atoms with van der Waals surface area (Å²) in [6.07, 6.45) is 5.40. The standard InChI is InChI=1S/C25H25N7O2S/c1-3-18-8-15(12-35-18)11-26-24(33)21-10-22(28-13-27-21)25(34)31-20-7-5-16-9-17(4-6-19(16)20)23-29-14-30-32(23)2/h4,6,8-10,12-14,20H,3,5,7,11H2,1-2H3,(H,26,33)(H,31,34)/t20-/m0/s1. The Hall–Kier alpha value is -3.92. The van der Waals surface area contributed by atoms with Gasteiger partial charge < -0.3 is 10.6 Å². The molecule has 5 rings (SSSR count). The first-order chi connectivity index (χ1) is 17.0. The van der Waals surface area contributed by atoms with E-state index in [1.54, 1.807) is 16.0 Å². The number of hydrogen-bond donors (Lipinski definition) is 2. The Morgan fingerprint density at radius 1 is 1.09 bits per heavy atom. The molecule has 1 aliphatic rings. The van der Waals surface area contributed by atoms with Gasteiger partial charge in [-0.2, -0.15) is 5.10 Å². The molecule has 2 amide bonds. The highest BCUT2D eigenvalue weighted by Gasteiger charge is 2.26. The van der Waals surface area contributed by atoms with Crippen molar-refractivity contribution in [1.82, 2.24) is 35.4 Å². The molecule has 0 bridgehead atoms. The van der Waals surface area contributed by atoms with Gasteiger partial charge in [0.25, 0.3) is 11.8 Å². The van der Waals surface area contributed by atoms with Crippen LogP contribution in [0.15, 0.2) is 48.4 Å². The predicted octanol–water partition coefficient (Wildman–Crippen LogP) is 3.24. The second-order valence-electron chi connectivity index (χ2n) is 8.43. The molecule has 178 valence electrons. The zero-order valence-electron chi connectivity index (χ0n) is 19.5. The number of carbonyl (C=O) groups is 2. The van der Waals surface area contributed by atoms with Crippen LogP contribution in [0.1, 0.15) is 61.9 Å². The second kappa shape index (κ2) is 9.75. The highest BCUT2D eigenvalue weighted by molar-refractivity contribution is 7.10. The van der Waals surface area contributed by atoms with Gasteiger partial charge in [-0.3, -0.25) is 9.59 Å². The van der Waals surface area contributed by atoms with Gasteiger partial charge in [0.15, 0.2) is 5.82 Å². The van der Waals surface area contributed by atoms with Crippen LogP contribution < -0.4 is 10.6 Å². The highest BCUT2D eigenvalue weighted by Crippen LogP contribution is 2.34. The van der Waals surface area contributed by atoms with E-state index in [0.717, 1.165) is 41.8 Å². The number of thiophene rings is 1. The molecule has 35 heavy (non-hydrogen) atoms. The number of nitrogens with zero attached hydrogens (tertiary/aromatic N) is 5. The summed E-state index contributed by atoms with van der Waals surface area (Å²) in [5, 5.41) is 12.1. The predicted molar refractivity (Wildman–Crippen MR) is 132 cm³/mol. The Labute approximate surface area is 206 Å². The number of amides is 2. The van der Waals surface area contributed by atoms with Crippen molar-refractivity contribution in [3.63, 3.8) is 0 Å². The minimum absolute atomic E-state index is 0.121. The zero-order valence-corrected chi connectivity index (χ0v) is 20.3. The van der Waals surface area contributed by atoms with Gasteiger partial charge >= 0.3 is 0 Å². The zero-order chi connectivity index (χ0) is 24.4. The van der Waals surface area contributed by atoms with E-state index < -0.39 is 0 Å². The SMILES string of the molecule is CCc1cc(CNC(=O)c2cc(C(=O)N[C@H]3CCc4cc(-c5ncnn5C)ccc43)ncn2)cs1. The van der Waals surface area contributed by atoms with Crippen molar-refractivity contribution in [1.29, 1.82) is 0 Å². The van der Waals surface area contributed by atoms with E-state index in [2.05, 4.69) is 49.7 Å². The molecule has 0 radical (unpaired) electrons. The topological polar surface area (TPSA) is 115 Å². The fourth-order valence-electron chi connectivity index (χ4n) is 4.28. The second-order valence-corrected chi connectivity index (χ2v) is 9.43. The van der Waals surface area contributed by atoms with Crippen molar-refractivity contribution < 1.29 is 9.59 Å². The summed E-state index contributed by atoms with van der Waals surface area (Å²) in [5.74, 6) is 0.132. The number of rotatable bonds is 7. The molecular formula is C25H25N7O2S. The lowest BCUT2D eigenvalue weighted by Gasteiger charge is -2.14. The van der Waals surface area contributed by atoms with Gasteiger partial charge in [0.05, 0.1) is 6.04 Å². The van der Waals surface area contributed by atoms with E-state index >= 15 is 0 Å². The number of benzene rings is 1. The van der Waals surface area contributed by atoms with Crippen molar-refractivity contribution in [3.8, 4) is 11.4 Å². The molecule has 1 aliphatic carbocycles. The third-order valence-electron chi connectivity index (χ3n) is 6.14. The first-order valence-electron chi connectivity index (χ1n) is 11.5. The van der Waals surface area contributed by atoms with E-state index in [9.17, 15) is 9.59 Å². The molecule has 0 saturated heterocycles. The number of fused-ring (bicyclic) bond motifs is 1. The number of carbonyl (C=O) groups excluding carboxylic acids is 2. The van der Waals surface area contributed by atoms with E-state index in [1.807, 2.05) is 24.6 Å². The largest absolute Gasteiger partial charge is 0.347 e. The minimum Gasteiger partial charge on any atom is -0.347 e. The van der Waals surface area contributed by atoms with Gasteiger partial charge in [-0.25, -0.2) is 19.6 Å². The average Bonchev–Trinajstić information content (AvgIpc) is 3.62. The fraction of sp³-hybridized carbons (Fsp3) is 0.280.